The average Bonchev–Trinajstić information content (AvgIpc) is 2.34. The van der Waals surface area contributed by atoms with Crippen LogP contribution in [0.5, 0.6) is 0 Å². The number of nitrogens with two attached hydrogens (primary N) is 1. The third-order valence-electron chi connectivity index (χ3n) is 3.68. The van der Waals surface area contributed by atoms with Gasteiger partial charge in [0.25, 0.3) is 0 Å². The van der Waals surface area contributed by atoms with Crippen LogP contribution in [0.1, 0.15) is 39.0 Å². The van der Waals surface area contributed by atoms with E-state index in [1.54, 1.807) is 0 Å². The molecule has 0 spiro atoms. The highest BCUT2D eigenvalue weighted by molar-refractivity contribution is 5.89. The van der Waals surface area contributed by atoms with Crippen LogP contribution in [0.25, 0.3) is 0 Å². The van der Waals surface area contributed by atoms with Gasteiger partial charge in [-0.25, -0.2) is 4.99 Å². The molecule has 17 heavy (non-hydrogen) atoms. The maximum Gasteiger partial charge on any atom is 0.242 e. The van der Waals surface area contributed by atoms with E-state index in [9.17, 15) is 4.79 Å². The summed E-state index contributed by atoms with van der Waals surface area (Å²) in [4.78, 5) is 18.0. The molecule has 0 aromatic rings. The lowest BCUT2D eigenvalue weighted by molar-refractivity contribution is -0.126. The maximum atomic E-state index is 11.5. The summed E-state index contributed by atoms with van der Waals surface area (Å²) in [5.74, 6) is 0.581. The SMILES string of the molecule is CC1C(=O)NCCN1C(N)=NC1CCCCC1. The molecule has 1 aliphatic carbocycles. The predicted molar refractivity (Wildman–Crippen MR) is 67.7 cm³/mol. The van der Waals surface area contributed by atoms with E-state index < -0.39 is 0 Å². The molecule has 5 heteroatoms. The summed E-state index contributed by atoms with van der Waals surface area (Å²) in [5, 5.41) is 2.83. The molecule has 0 bridgehead atoms. The minimum atomic E-state index is -0.198. The summed E-state index contributed by atoms with van der Waals surface area (Å²) in [7, 11) is 0. The molecule has 96 valence electrons. The zero-order valence-corrected chi connectivity index (χ0v) is 10.5. The highest BCUT2D eigenvalue weighted by Gasteiger charge is 2.27. The van der Waals surface area contributed by atoms with E-state index in [1.807, 2.05) is 11.8 Å². The smallest absolute Gasteiger partial charge is 0.242 e. The summed E-state index contributed by atoms with van der Waals surface area (Å²) in [6.45, 7) is 3.29. The second kappa shape index (κ2) is 5.38. The number of guanidine groups is 1. The molecule has 0 aromatic carbocycles. The topological polar surface area (TPSA) is 70.7 Å². The van der Waals surface area contributed by atoms with Gasteiger partial charge in [-0.15, -0.1) is 0 Å². The lowest BCUT2D eigenvalue weighted by Crippen LogP contribution is -2.58. The van der Waals surface area contributed by atoms with Gasteiger partial charge in [-0.2, -0.15) is 0 Å². The molecular weight excluding hydrogens is 216 g/mol. The molecule has 1 aliphatic heterocycles. The lowest BCUT2D eigenvalue weighted by atomic mass is 9.96. The number of hydrogen-bond donors (Lipinski definition) is 2. The van der Waals surface area contributed by atoms with Crippen molar-refractivity contribution in [2.45, 2.75) is 51.1 Å². The fourth-order valence-electron chi connectivity index (χ4n) is 2.57. The van der Waals surface area contributed by atoms with Crippen molar-refractivity contribution in [2.24, 2.45) is 10.7 Å². The minimum Gasteiger partial charge on any atom is -0.370 e. The number of aliphatic imine (C=N–C) groups is 1. The first kappa shape index (κ1) is 12.2. The molecule has 2 fully saturated rings. The van der Waals surface area contributed by atoms with Crippen LogP contribution in [0.15, 0.2) is 4.99 Å². The fraction of sp³-hybridized carbons (Fsp3) is 0.833. The highest BCUT2D eigenvalue weighted by Crippen LogP contribution is 2.20. The van der Waals surface area contributed by atoms with Gasteiger partial charge in [-0.1, -0.05) is 19.3 Å². The van der Waals surface area contributed by atoms with Gasteiger partial charge in [0.1, 0.15) is 6.04 Å². The van der Waals surface area contributed by atoms with Crippen molar-refractivity contribution in [2.75, 3.05) is 13.1 Å². The van der Waals surface area contributed by atoms with E-state index in [2.05, 4.69) is 10.3 Å². The number of carbonyl (C=O) groups excluding carboxylic acids is 1. The number of carbonyl (C=O) groups is 1. The van der Waals surface area contributed by atoms with E-state index >= 15 is 0 Å². The highest BCUT2D eigenvalue weighted by atomic mass is 16.2. The molecule has 1 amide bonds. The summed E-state index contributed by atoms with van der Waals surface area (Å²) in [6, 6.07) is 0.164. The molecule has 5 nitrogen and oxygen atoms in total. The van der Waals surface area contributed by atoms with Crippen LogP contribution in [-0.2, 0) is 4.79 Å². The number of hydrogen-bond acceptors (Lipinski definition) is 2. The third kappa shape index (κ3) is 2.90. The normalized spacial score (nSPS) is 28.1. The van der Waals surface area contributed by atoms with Crippen LogP contribution < -0.4 is 11.1 Å². The molecule has 3 N–H and O–H groups in total. The van der Waals surface area contributed by atoms with Crippen LogP contribution in [0.4, 0.5) is 0 Å². The van der Waals surface area contributed by atoms with Crippen LogP contribution in [-0.4, -0.2) is 41.9 Å². The molecule has 2 rings (SSSR count). The Kier molecular flexibility index (Phi) is 3.86. The Hall–Kier alpha value is -1.26. The standard InChI is InChI=1S/C12H22N4O/c1-9-11(17)14-7-8-16(9)12(13)15-10-5-3-2-4-6-10/h9-10H,2-8H2,1H3,(H2,13,15)(H,14,17). The van der Waals surface area contributed by atoms with Gasteiger partial charge in [-0.3, -0.25) is 4.79 Å². The molecule has 1 atom stereocenters. The van der Waals surface area contributed by atoms with Crippen LogP contribution >= 0.6 is 0 Å². The van der Waals surface area contributed by atoms with Gasteiger partial charge in [0.05, 0.1) is 6.04 Å². The van der Waals surface area contributed by atoms with Gasteiger partial charge in [0.2, 0.25) is 5.91 Å². The number of piperazine rings is 1. The van der Waals surface area contributed by atoms with E-state index in [4.69, 9.17) is 5.73 Å². The first-order chi connectivity index (χ1) is 8.18. The largest absolute Gasteiger partial charge is 0.370 e. The molecule has 1 saturated carbocycles. The number of amides is 1. The van der Waals surface area contributed by atoms with Gasteiger partial charge in [-0.05, 0) is 19.8 Å². The van der Waals surface area contributed by atoms with Crippen LogP contribution in [0, 0.1) is 0 Å². The Bertz CT molecular complexity index is 310. The molecule has 1 unspecified atom stereocenters. The van der Waals surface area contributed by atoms with Gasteiger partial charge >= 0.3 is 0 Å². The average molecular weight is 238 g/mol. The van der Waals surface area contributed by atoms with Crippen molar-refractivity contribution < 1.29 is 4.79 Å². The van der Waals surface area contributed by atoms with Gasteiger partial charge in [0, 0.05) is 13.1 Å². The van der Waals surface area contributed by atoms with Crippen LogP contribution in [0.2, 0.25) is 0 Å². The Labute approximate surface area is 102 Å². The van der Waals surface area contributed by atoms with E-state index in [0.717, 1.165) is 19.4 Å². The first-order valence-corrected chi connectivity index (χ1v) is 6.56. The van der Waals surface area contributed by atoms with Crippen molar-refractivity contribution in [3.05, 3.63) is 0 Å². The van der Waals surface area contributed by atoms with Crippen LogP contribution in [0.3, 0.4) is 0 Å². The van der Waals surface area contributed by atoms with E-state index in [-0.39, 0.29) is 11.9 Å². The molecule has 1 heterocycles. The van der Waals surface area contributed by atoms with Gasteiger partial charge in [0.15, 0.2) is 5.96 Å². The fourth-order valence-corrected chi connectivity index (χ4v) is 2.57. The summed E-state index contributed by atoms with van der Waals surface area (Å²) < 4.78 is 0. The Morgan fingerprint density at radius 2 is 2.12 bits per heavy atom. The number of nitrogens with one attached hydrogen (secondary N) is 1. The number of nitrogens with zero attached hydrogens (tertiary/aromatic N) is 2. The summed E-state index contributed by atoms with van der Waals surface area (Å²) >= 11 is 0. The molecule has 2 aliphatic rings. The monoisotopic (exact) mass is 238 g/mol. The van der Waals surface area contributed by atoms with E-state index in [0.29, 0.717) is 18.5 Å². The number of rotatable bonds is 1. The predicted octanol–water partition coefficient (Wildman–Crippen LogP) is 0.454. The Morgan fingerprint density at radius 1 is 1.41 bits per heavy atom. The van der Waals surface area contributed by atoms with Gasteiger partial charge < -0.3 is 16.0 Å². The first-order valence-electron chi connectivity index (χ1n) is 6.56. The zero-order chi connectivity index (χ0) is 12.3. The zero-order valence-electron chi connectivity index (χ0n) is 10.5. The molecule has 1 saturated heterocycles. The second-order valence-electron chi connectivity index (χ2n) is 4.94. The van der Waals surface area contributed by atoms with Crippen molar-refractivity contribution in [3.63, 3.8) is 0 Å². The Balaban J connectivity index is 1.99. The maximum absolute atomic E-state index is 11.5. The summed E-state index contributed by atoms with van der Waals surface area (Å²) in [6.07, 6.45) is 6.08. The van der Waals surface area contributed by atoms with Crippen molar-refractivity contribution in [1.82, 2.24) is 10.2 Å². The quantitative estimate of drug-likeness (QED) is 0.515. The second-order valence-corrected chi connectivity index (χ2v) is 4.94. The van der Waals surface area contributed by atoms with Crippen molar-refractivity contribution in [1.29, 1.82) is 0 Å². The van der Waals surface area contributed by atoms with Crippen molar-refractivity contribution >= 4 is 11.9 Å². The Morgan fingerprint density at radius 3 is 2.82 bits per heavy atom. The van der Waals surface area contributed by atoms with Crippen molar-refractivity contribution in [3.8, 4) is 0 Å². The lowest BCUT2D eigenvalue weighted by Gasteiger charge is -2.34. The summed E-state index contributed by atoms with van der Waals surface area (Å²) in [5.41, 5.74) is 6.03. The molecular formula is C12H22N4O. The minimum absolute atomic E-state index is 0.0399. The molecule has 0 aromatic heterocycles. The third-order valence-corrected chi connectivity index (χ3v) is 3.68. The molecule has 0 radical (unpaired) electrons. The van der Waals surface area contributed by atoms with E-state index in [1.165, 1.54) is 19.3 Å².